The van der Waals surface area contributed by atoms with Crippen LogP contribution in [0.4, 0.5) is 0 Å². The maximum atomic E-state index is 12.5. The van der Waals surface area contributed by atoms with Crippen LogP contribution in [-0.2, 0) is 4.79 Å². The Morgan fingerprint density at radius 2 is 1.70 bits per heavy atom. The third-order valence-corrected chi connectivity index (χ3v) is 5.12. The fourth-order valence-electron chi connectivity index (χ4n) is 3.58. The minimum absolute atomic E-state index is 0.0148. The summed E-state index contributed by atoms with van der Waals surface area (Å²) in [5, 5.41) is 0. The number of para-hydroxylation sites is 1. The van der Waals surface area contributed by atoms with Crippen molar-refractivity contribution in [1.82, 2.24) is 9.80 Å². The summed E-state index contributed by atoms with van der Waals surface area (Å²) in [5.74, 6) is 2.66. The zero-order valence-electron chi connectivity index (χ0n) is 16.3. The summed E-state index contributed by atoms with van der Waals surface area (Å²) in [5.41, 5.74) is 0. The maximum absolute atomic E-state index is 12.5. The lowest BCUT2D eigenvalue weighted by Crippen LogP contribution is -2.50. The minimum atomic E-state index is 0.0148. The molecular weight excluding hydrogens is 340 g/mol. The van der Waals surface area contributed by atoms with E-state index in [1.54, 1.807) is 0 Å². The van der Waals surface area contributed by atoms with E-state index in [4.69, 9.17) is 9.47 Å². The minimum Gasteiger partial charge on any atom is -0.484 e. The summed E-state index contributed by atoms with van der Waals surface area (Å²) in [6.45, 7) is 4.30. The lowest BCUT2D eigenvalue weighted by Gasteiger charge is -2.39. The summed E-state index contributed by atoms with van der Waals surface area (Å²) >= 11 is 0. The van der Waals surface area contributed by atoms with Gasteiger partial charge < -0.3 is 19.3 Å². The first-order chi connectivity index (χ1) is 13.0. The molecule has 0 radical (unpaired) electrons. The normalized spacial score (nSPS) is 20.1. The number of amides is 1. The van der Waals surface area contributed by atoms with Gasteiger partial charge in [-0.15, -0.1) is 0 Å². The lowest BCUT2D eigenvalue weighted by molar-refractivity contribution is -0.136. The van der Waals surface area contributed by atoms with Crippen LogP contribution in [-0.4, -0.2) is 55.5 Å². The number of likely N-dealkylation sites (N-methyl/N-ethyl adjacent to an activating group) is 1. The van der Waals surface area contributed by atoms with Crippen molar-refractivity contribution in [1.29, 1.82) is 0 Å². The van der Waals surface area contributed by atoms with E-state index >= 15 is 0 Å². The topological polar surface area (TPSA) is 42.0 Å². The molecule has 1 saturated heterocycles. The number of hydrogen-bond acceptors (Lipinski definition) is 4. The van der Waals surface area contributed by atoms with Crippen molar-refractivity contribution in [2.24, 2.45) is 5.92 Å². The summed E-state index contributed by atoms with van der Waals surface area (Å²) in [4.78, 5) is 16.7. The second-order valence-corrected chi connectivity index (χ2v) is 7.28. The molecule has 1 heterocycles. The van der Waals surface area contributed by atoms with Gasteiger partial charge in [-0.3, -0.25) is 4.79 Å². The third kappa shape index (κ3) is 5.23. The summed E-state index contributed by atoms with van der Waals surface area (Å²) in [6.07, 6.45) is 1.01. The first kappa shape index (κ1) is 19.2. The van der Waals surface area contributed by atoms with Gasteiger partial charge in [-0.05, 0) is 62.3 Å². The number of ether oxygens (including phenoxy) is 2. The largest absolute Gasteiger partial charge is 0.484 e. The highest BCUT2D eigenvalue weighted by atomic mass is 16.5. The number of rotatable bonds is 6. The Kier molecular flexibility index (Phi) is 6.35. The van der Waals surface area contributed by atoms with Crippen molar-refractivity contribution < 1.29 is 14.3 Å². The molecule has 1 aliphatic heterocycles. The summed E-state index contributed by atoms with van der Waals surface area (Å²) < 4.78 is 11.4. The molecule has 2 aromatic rings. The molecule has 5 nitrogen and oxygen atoms in total. The van der Waals surface area contributed by atoms with Gasteiger partial charge in [0.25, 0.3) is 5.91 Å². The van der Waals surface area contributed by atoms with Crippen LogP contribution in [0.1, 0.15) is 13.3 Å². The monoisotopic (exact) mass is 368 g/mol. The summed E-state index contributed by atoms with van der Waals surface area (Å²) in [6, 6.07) is 17.2. The van der Waals surface area contributed by atoms with E-state index in [1.165, 1.54) is 0 Å². The van der Waals surface area contributed by atoms with Crippen molar-refractivity contribution in [3.63, 3.8) is 0 Å². The highest BCUT2D eigenvalue weighted by Crippen LogP contribution is 2.24. The molecule has 2 atom stereocenters. The maximum Gasteiger partial charge on any atom is 0.260 e. The van der Waals surface area contributed by atoms with E-state index in [1.807, 2.05) is 66.5 Å². The Labute approximate surface area is 161 Å². The molecule has 5 heteroatoms. The molecule has 3 rings (SSSR count). The molecular formula is C22H28N2O3. The average molecular weight is 368 g/mol. The number of carbonyl (C=O) groups is 1. The SMILES string of the molecule is C[C@@H]1CN(C)CC[C@@H]1N(C)C(=O)COc1ccc(Oc2ccccc2)cc1. The number of likely N-dealkylation sites (tertiary alicyclic amines) is 1. The smallest absolute Gasteiger partial charge is 0.260 e. The number of benzene rings is 2. The molecule has 0 aromatic heterocycles. The van der Waals surface area contributed by atoms with Crippen molar-refractivity contribution in [2.75, 3.05) is 33.8 Å². The molecule has 27 heavy (non-hydrogen) atoms. The molecule has 1 amide bonds. The zero-order valence-corrected chi connectivity index (χ0v) is 16.3. The van der Waals surface area contributed by atoms with Crippen molar-refractivity contribution in [2.45, 2.75) is 19.4 Å². The first-order valence-corrected chi connectivity index (χ1v) is 9.43. The molecule has 144 valence electrons. The highest BCUT2D eigenvalue weighted by molar-refractivity contribution is 5.77. The van der Waals surface area contributed by atoms with Crippen LogP contribution in [0.25, 0.3) is 0 Å². The lowest BCUT2D eigenvalue weighted by atomic mass is 9.93. The fourth-order valence-corrected chi connectivity index (χ4v) is 3.58. The van der Waals surface area contributed by atoms with E-state index in [2.05, 4.69) is 18.9 Å². The van der Waals surface area contributed by atoms with E-state index in [-0.39, 0.29) is 18.6 Å². The van der Waals surface area contributed by atoms with Crippen molar-refractivity contribution >= 4 is 5.91 Å². The van der Waals surface area contributed by atoms with Crippen LogP contribution in [0.2, 0.25) is 0 Å². The van der Waals surface area contributed by atoms with E-state index < -0.39 is 0 Å². The second kappa shape index (κ2) is 8.91. The Morgan fingerprint density at radius 1 is 1.07 bits per heavy atom. The Bertz CT molecular complexity index is 733. The van der Waals surface area contributed by atoms with E-state index in [9.17, 15) is 4.79 Å². The van der Waals surface area contributed by atoms with E-state index in [0.29, 0.717) is 11.7 Å². The van der Waals surface area contributed by atoms with Gasteiger partial charge in [-0.1, -0.05) is 25.1 Å². The van der Waals surface area contributed by atoms with Gasteiger partial charge >= 0.3 is 0 Å². The van der Waals surface area contributed by atoms with Gasteiger partial charge in [0.2, 0.25) is 0 Å². The van der Waals surface area contributed by atoms with Crippen LogP contribution < -0.4 is 9.47 Å². The molecule has 0 spiro atoms. The number of nitrogens with zero attached hydrogens (tertiary/aromatic N) is 2. The molecule has 1 aliphatic rings. The molecule has 0 bridgehead atoms. The first-order valence-electron chi connectivity index (χ1n) is 9.43. The van der Waals surface area contributed by atoms with Crippen molar-refractivity contribution in [3.8, 4) is 17.2 Å². The standard InChI is InChI=1S/C22H28N2O3/c1-17-15-23(2)14-13-21(17)24(3)22(25)16-26-18-9-11-20(12-10-18)27-19-7-5-4-6-8-19/h4-12,17,21H,13-16H2,1-3H3/t17-,21+/m1/s1. The predicted molar refractivity (Wildman–Crippen MR) is 106 cm³/mol. The van der Waals surface area contributed by atoms with Crippen LogP contribution in [0.15, 0.2) is 54.6 Å². The zero-order chi connectivity index (χ0) is 19.2. The van der Waals surface area contributed by atoms with Gasteiger partial charge in [0.15, 0.2) is 6.61 Å². The van der Waals surface area contributed by atoms with E-state index in [0.717, 1.165) is 31.0 Å². The van der Waals surface area contributed by atoms with Gasteiger partial charge in [0.1, 0.15) is 17.2 Å². The van der Waals surface area contributed by atoms with Crippen LogP contribution in [0.5, 0.6) is 17.2 Å². The van der Waals surface area contributed by atoms with Gasteiger partial charge in [0.05, 0.1) is 0 Å². The number of carbonyl (C=O) groups excluding carboxylic acids is 1. The third-order valence-electron chi connectivity index (χ3n) is 5.12. The molecule has 0 unspecified atom stereocenters. The van der Waals surface area contributed by atoms with Gasteiger partial charge in [-0.25, -0.2) is 0 Å². The second-order valence-electron chi connectivity index (χ2n) is 7.28. The molecule has 0 aliphatic carbocycles. The quantitative estimate of drug-likeness (QED) is 0.780. The summed E-state index contributed by atoms with van der Waals surface area (Å²) in [7, 11) is 4.01. The average Bonchev–Trinajstić information content (AvgIpc) is 2.67. The number of hydrogen-bond donors (Lipinski definition) is 0. The van der Waals surface area contributed by atoms with Gasteiger partial charge in [0, 0.05) is 19.6 Å². The Hall–Kier alpha value is -2.53. The van der Waals surface area contributed by atoms with Crippen LogP contribution in [0, 0.1) is 5.92 Å². The predicted octanol–water partition coefficient (Wildman–Crippen LogP) is 3.66. The van der Waals surface area contributed by atoms with Crippen LogP contribution >= 0.6 is 0 Å². The highest BCUT2D eigenvalue weighted by Gasteiger charge is 2.29. The molecule has 2 aromatic carbocycles. The fraction of sp³-hybridized carbons (Fsp3) is 0.409. The van der Waals surface area contributed by atoms with Crippen molar-refractivity contribution in [3.05, 3.63) is 54.6 Å². The molecule has 0 N–H and O–H groups in total. The molecule has 1 fully saturated rings. The number of piperidine rings is 1. The Balaban J connectivity index is 1.50. The molecule has 0 saturated carbocycles. The Morgan fingerprint density at radius 3 is 2.37 bits per heavy atom. The van der Waals surface area contributed by atoms with Gasteiger partial charge in [-0.2, -0.15) is 0 Å². The van der Waals surface area contributed by atoms with Crippen LogP contribution in [0.3, 0.4) is 0 Å².